The summed E-state index contributed by atoms with van der Waals surface area (Å²) in [6, 6.07) is 4.31. The molecule has 0 amide bonds. The molecule has 1 aromatic rings. The van der Waals surface area contributed by atoms with E-state index in [1.54, 1.807) is 0 Å². The third-order valence-electron chi connectivity index (χ3n) is 3.86. The van der Waals surface area contributed by atoms with E-state index in [0.717, 1.165) is 24.6 Å². The van der Waals surface area contributed by atoms with Crippen LogP contribution in [0, 0.1) is 0 Å². The molecule has 0 aliphatic carbocycles. The SMILES string of the molecule is CC(C)c1c(C2CCNC2)ccc2c1OCCO2. The van der Waals surface area contributed by atoms with Crippen molar-refractivity contribution in [3.63, 3.8) is 0 Å². The van der Waals surface area contributed by atoms with Crippen molar-refractivity contribution in [3.8, 4) is 11.5 Å². The molecule has 1 unspecified atom stereocenters. The number of rotatable bonds is 2. The quantitative estimate of drug-likeness (QED) is 0.871. The van der Waals surface area contributed by atoms with Gasteiger partial charge in [-0.2, -0.15) is 0 Å². The van der Waals surface area contributed by atoms with Crippen LogP contribution in [0.3, 0.4) is 0 Å². The molecule has 3 heteroatoms. The van der Waals surface area contributed by atoms with Gasteiger partial charge in [0.1, 0.15) is 13.2 Å². The lowest BCUT2D eigenvalue weighted by atomic mass is 9.87. The van der Waals surface area contributed by atoms with Crippen molar-refractivity contribution in [2.24, 2.45) is 0 Å². The van der Waals surface area contributed by atoms with Crippen molar-refractivity contribution >= 4 is 0 Å². The Morgan fingerprint density at radius 3 is 2.78 bits per heavy atom. The van der Waals surface area contributed by atoms with Gasteiger partial charge in [0.15, 0.2) is 11.5 Å². The molecule has 0 saturated carbocycles. The first-order valence-electron chi connectivity index (χ1n) is 6.90. The molecule has 1 saturated heterocycles. The topological polar surface area (TPSA) is 30.5 Å². The van der Waals surface area contributed by atoms with E-state index in [9.17, 15) is 0 Å². The van der Waals surface area contributed by atoms with Gasteiger partial charge >= 0.3 is 0 Å². The van der Waals surface area contributed by atoms with Crippen LogP contribution in [0.2, 0.25) is 0 Å². The van der Waals surface area contributed by atoms with Crippen molar-refractivity contribution in [1.82, 2.24) is 5.32 Å². The second-order valence-corrected chi connectivity index (χ2v) is 5.44. The van der Waals surface area contributed by atoms with Crippen molar-refractivity contribution in [2.75, 3.05) is 26.3 Å². The minimum absolute atomic E-state index is 0.470. The molecule has 0 bridgehead atoms. The van der Waals surface area contributed by atoms with E-state index < -0.39 is 0 Å². The first kappa shape index (κ1) is 11.8. The highest BCUT2D eigenvalue weighted by Gasteiger charge is 2.26. The van der Waals surface area contributed by atoms with Crippen molar-refractivity contribution in [1.29, 1.82) is 0 Å². The summed E-state index contributed by atoms with van der Waals surface area (Å²) in [5, 5.41) is 3.44. The van der Waals surface area contributed by atoms with Gasteiger partial charge in [-0.3, -0.25) is 0 Å². The molecule has 0 aromatic heterocycles. The second kappa shape index (κ2) is 4.81. The lowest BCUT2D eigenvalue weighted by Crippen LogP contribution is -2.18. The fraction of sp³-hybridized carbons (Fsp3) is 0.600. The smallest absolute Gasteiger partial charge is 0.165 e. The summed E-state index contributed by atoms with van der Waals surface area (Å²) >= 11 is 0. The molecule has 98 valence electrons. The van der Waals surface area contributed by atoms with Crippen molar-refractivity contribution < 1.29 is 9.47 Å². The summed E-state index contributed by atoms with van der Waals surface area (Å²) in [6.45, 7) is 8.00. The molecular weight excluding hydrogens is 226 g/mol. The van der Waals surface area contributed by atoms with Crippen LogP contribution in [0.1, 0.15) is 43.2 Å². The van der Waals surface area contributed by atoms with Crippen LogP contribution in [0.5, 0.6) is 11.5 Å². The van der Waals surface area contributed by atoms with E-state index in [1.165, 1.54) is 17.5 Å². The van der Waals surface area contributed by atoms with E-state index in [2.05, 4.69) is 31.3 Å². The molecule has 1 fully saturated rings. The van der Waals surface area contributed by atoms with E-state index in [0.29, 0.717) is 25.0 Å². The Morgan fingerprint density at radius 2 is 2.06 bits per heavy atom. The zero-order valence-electron chi connectivity index (χ0n) is 11.2. The van der Waals surface area contributed by atoms with Crippen LogP contribution in [0.4, 0.5) is 0 Å². The van der Waals surface area contributed by atoms with Gasteiger partial charge in [-0.25, -0.2) is 0 Å². The Hall–Kier alpha value is -1.22. The number of ether oxygens (including phenoxy) is 2. The monoisotopic (exact) mass is 247 g/mol. The van der Waals surface area contributed by atoms with Crippen LogP contribution in [0.15, 0.2) is 12.1 Å². The lowest BCUT2D eigenvalue weighted by Gasteiger charge is -2.26. The Morgan fingerprint density at radius 1 is 1.22 bits per heavy atom. The summed E-state index contributed by atoms with van der Waals surface area (Å²) in [4.78, 5) is 0. The maximum atomic E-state index is 5.87. The highest BCUT2D eigenvalue weighted by molar-refractivity contribution is 5.54. The van der Waals surface area contributed by atoms with Gasteiger partial charge in [0.25, 0.3) is 0 Å². The highest BCUT2D eigenvalue weighted by atomic mass is 16.6. The molecule has 1 aromatic carbocycles. The van der Waals surface area contributed by atoms with Gasteiger partial charge < -0.3 is 14.8 Å². The number of fused-ring (bicyclic) bond motifs is 1. The normalized spacial score (nSPS) is 22.5. The molecule has 18 heavy (non-hydrogen) atoms. The molecule has 0 spiro atoms. The fourth-order valence-corrected chi connectivity index (χ4v) is 3.02. The Labute approximate surface area is 108 Å². The summed E-state index contributed by atoms with van der Waals surface area (Å²) in [7, 11) is 0. The summed E-state index contributed by atoms with van der Waals surface area (Å²) in [5.74, 6) is 3.00. The van der Waals surface area contributed by atoms with Gasteiger partial charge in [0, 0.05) is 12.1 Å². The average Bonchev–Trinajstić information content (AvgIpc) is 2.90. The van der Waals surface area contributed by atoms with E-state index in [-0.39, 0.29) is 0 Å². The van der Waals surface area contributed by atoms with Crippen molar-refractivity contribution in [2.45, 2.75) is 32.1 Å². The molecular formula is C15H21NO2. The summed E-state index contributed by atoms with van der Waals surface area (Å²) in [5.41, 5.74) is 2.79. The number of hydrogen-bond acceptors (Lipinski definition) is 3. The van der Waals surface area contributed by atoms with Gasteiger partial charge in [-0.05, 0) is 36.4 Å². The Bertz CT molecular complexity index is 436. The summed E-state index contributed by atoms with van der Waals surface area (Å²) < 4.78 is 11.6. The molecule has 2 heterocycles. The van der Waals surface area contributed by atoms with Crippen LogP contribution in [-0.2, 0) is 0 Å². The number of benzene rings is 1. The molecule has 2 aliphatic rings. The number of nitrogens with one attached hydrogen (secondary N) is 1. The fourth-order valence-electron chi connectivity index (χ4n) is 3.02. The maximum absolute atomic E-state index is 5.87. The zero-order valence-corrected chi connectivity index (χ0v) is 11.2. The standard InChI is InChI=1S/C15H21NO2/c1-10(2)14-12(11-5-6-16-9-11)3-4-13-15(14)18-8-7-17-13/h3-4,10-11,16H,5-9H2,1-2H3. The third kappa shape index (κ3) is 1.97. The minimum atomic E-state index is 0.470. The molecule has 3 rings (SSSR count). The van der Waals surface area contributed by atoms with Crippen LogP contribution < -0.4 is 14.8 Å². The average molecular weight is 247 g/mol. The largest absolute Gasteiger partial charge is 0.486 e. The third-order valence-corrected chi connectivity index (χ3v) is 3.86. The Balaban J connectivity index is 2.07. The van der Waals surface area contributed by atoms with E-state index in [4.69, 9.17) is 9.47 Å². The Kier molecular flexibility index (Phi) is 3.16. The van der Waals surface area contributed by atoms with Gasteiger partial charge in [0.2, 0.25) is 0 Å². The van der Waals surface area contributed by atoms with Crippen molar-refractivity contribution in [3.05, 3.63) is 23.3 Å². The molecule has 1 atom stereocenters. The molecule has 3 nitrogen and oxygen atoms in total. The van der Waals surface area contributed by atoms with Gasteiger partial charge in [0.05, 0.1) is 0 Å². The first-order chi connectivity index (χ1) is 8.77. The second-order valence-electron chi connectivity index (χ2n) is 5.44. The van der Waals surface area contributed by atoms with Crippen LogP contribution in [-0.4, -0.2) is 26.3 Å². The number of hydrogen-bond donors (Lipinski definition) is 1. The molecule has 1 N–H and O–H groups in total. The van der Waals surface area contributed by atoms with Gasteiger partial charge in [-0.15, -0.1) is 0 Å². The van der Waals surface area contributed by atoms with E-state index in [1.807, 2.05) is 0 Å². The predicted molar refractivity (Wildman–Crippen MR) is 71.7 cm³/mol. The van der Waals surface area contributed by atoms with Crippen LogP contribution >= 0.6 is 0 Å². The molecule has 2 aliphatic heterocycles. The predicted octanol–water partition coefficient (Wildman–Crippen LogP) is 2.66. The maximum Gasteiger partial charge on any atom is 0.165 e. The van der Waals surface area contributed by atoms with Crippen LogP contribution in [0.25, 0.3) is 0 Å². The minimum Gasteiger partial charge on any atom is -0.486 e. The molecule has 0 radical (unpaired) electrons. The highest BCUT2D eigenvalue weighted by Crippen LogP contribution is 2.43. The zero-order chi connectivity index (χ0) is 12.5. The summed E-state index contributed by atoms with van der Waals surface area (Å²) in [6.07, 6.45) is 1.22. The first-order valence-corrected chi connectivity index (χ1v) is 6.90. The van der Waals surface area contributed by atoms with E-state index >= 15 is 0 Å². The lowest BCUT2D eigenvalue weighted by molar-refractivity contribution is 0.169. The van der Waals surface area contributed by atoms with Gasteiger partial charge in [-0.1, -0.05) is 19.9 Å².